The summed E-state index contributed by atoms with van der Waals surface area (Å²) in [6, 6.07) is 17.3. The highest BCUT2D eigenvalue weighted by Gasteiger charge is 2.54. The van der Waals surface area contributed by atoms with Crippen molar-refractivity contribution in [3.8, 4) is 70.9 Å². The van der Waals surface area contributed by atoms with Crippen molar-refractivity contribution >= 4 is 71.1 Å². The summed E-state index contributed by atoms with van der Waals surface area (Å²) in [7, 11) is 3.14. The predicted octanol–water partition coefficient (Wildman–Crippen LogP) is 10.7. The SMILES string of the molecule is C#CCN1CCN(CCCOc2cc3ncnc(Oc4ccc5[nH]c(C)cc5c4F)c3cc2OC)CC1.C#CCN1CCNCC1.COc1cc2c(Oc3ccc4[nH]c(C)cc4c3F)ncnc2cc1OCCCBr.O=C(C(=O)C(F)(F)F)C(F)(F)F. The van der Waals surface area contributed by atoms with Gasteiger partial charge in [-0.15, -0.1) is 12.8 Å². The van der Waals surface area contributed by atoms with E-state index in [-0.39, 0.29) is 23.3 Å². The van der Waals surface area contributed by atoms with Gasteiger partial charge in [0.2, 0.25) is 11.8 Å². The van der Waals surface area contributed by atoms with Crippen molar-refractivity contribution in [2.45, 2.75) is 39.0 Å². The van der Waals surface area contributed by atoms with Gasteiger partial charge in [-0.05, 0) is 75.2 Å². The van der Waals surface area contributed by atoms with Crippen LogP contribution in [0.1, 0.15) is 24.2 Å². The van der Waals surface area contributed by atoms with Gasteiger partial charge in [-0.3, -0.25) is 19.4 Å². The van der Waals surface area contributed by atoms with Crippen molar-refractivity contribution in [3.63, 3.8) is 0 Å². The van der Waals surface area contributed by atoms with Gasteiger partial charge in [-0.1, -0.05) is 27.8 Å². The van der Waals surface area contributed by atoms with Gasteiger partial charge in [0.1, 0.15) is 12.7 Å². The average Bonchev–Trinajstić information content (AvgIpc) is 2.36. The normalized spacial score (nSPS) is 13.9. The summed E-state index contributed by atoms with van der Waals surface area (Å²) in [5, 5.41) is 6.25. The average molecular weight is 1280 g/mol. The molecule has 4 aromatic heterocycles. The summed E-state index contributed by atoms with van der Waals surface area (Å²) in [5.74, 6) is 0.545. The Balaban J connectivity index is 0.000000190. The van der Waals surface area contributed by atoms with Crippen LogP contribution in [0.25, 0.3) is 43.6 Å². The van der Waals surface area contributed by atoms with Gasteiger partial charge in [-0.2, -0.15) is 26.3 Å². The molecule has 0 radical (unpaired) electrons. The molecule has 2 saturated heterocycles. The third-order valence-electron chi connectivity index (χ3n) is 13.3. The Morgan fingerprint density at radius 2 is 1.00 bits per heavy atom. The molecule has 2 aliphatic heterocycles. The molecule has 2 fully saturated rings. The number of hydrogen-bond donors (Lipinski definition) is 3. The first-order valence-electron chi connectivity index (χ1n) is 27.0. The van der Waals surface area contributed by atoms with Crippen LogP contribution in [0.15, 0.2) is 73.3 Å². The first-order valence-corrected chi connectivity index (χ1v) is 28.1. The van der Waals surface area contributed by atoms with Gasteiger partial charge < -0.3 is 48.6 Å². The Bertz CT molecular complexity index is 3720. The molecule has 6 heterocycles. The molecule has 0 amide bonds. The summed E-state index contributed by atoms with van der Waals surface area (Å²) < 4.78 is 132. The van der Waals surface area contributed by atoms with Crippen LogP contribution in [0, 0.1) is 50.2 Å². The second-order valence-electron chi connectivity index (χ2n) is 19.5. The lowest BCUT2D eigenvalue weighted by Gasteiger charge is -2.33. The Hall–Kier alpha value is -8.34. The number of ether oxygens (including phenoxy) is 6. The Kier molecular flexibility index (Phi) is 23.5. The maximum atomic E-state index is 15.1. The Morgan fingerprint density at radius 3 is 1.41 bits per heavy atom. The monoisotopic (exact) mass is 1280 g/mol. The molecular formula is C60H61BrF8N10O8. The number of aromatic nitrogens is 6. The van der Waals surface area contributed by atoms with Crippen molar-refractivity contribution < 1.29 is 73.1 Å². The number of methoxy groups -OCH3 is 2. The van der Waals surface area contributed by atoms with E-state index in [0.29, 0.717) is 86.4 Å². The van der Waals surface area contributed by atoms with E-state index in [4.69, 9.17) is 41.3 Å². The van der Waals surface area contributed by atoms with Crippen LogP contribution in [-0.4, -0.2) is 173 Å². The van der Waals surface area contributed by atoms with Crippen LogP contribution < -0.4 is 33.7 Å². The second kappa shape index (κ2) is 30.8. The molecule has 0 bridgehead atoms. The van der Waals surface area contributed by atoms with Gasteiger partial charge in [0, 0.05) is 110 Å². The van der Waals surface area contributed by atoms with Crippen LogP contribution in [0.5, 0.6) is 46.3 Å². The lowest BCUT2D eigenvalue weighted by atomic mass is 10.2. The van der Waals surface area contributed by atoms with Crippen LogP contribution in [0.4, 0.5) is 35.1 Å². The van der Waals surface area contributed by atoms with Crippen molar-refractivity contribution in [2.75, 3.05) is 105 Å². The Morgan fingerprint density at radius 1 is 0.575 bits per heavy atom. The zero-order valence-electron chi connectivity index (χ0n) is 47.7. The topological polar surface area (TPSA) is 194 Å². The number of alkyl halides is 7. The number of aryl methyl sites for hydroxylation is 2. The number of nitrogens with zero attached hydrogens (tertiary/aromatic N) is 7. The number of ketones is 2. The first kappa shape index (κ1) is 66.2. The van der Waals surface area contributed by atoms with E-state index in [1.807, 2.05) is 13.8 Å². The molecule has 0 spiro atoms. The fraction of sp³-hybridized carbons (Fsp3) is 0.367. The van der Waals surface area contributed by atoms with E-state index in [2.05, 4.69) is 77.7 Å². The lowest BCUT2D eigenvalue weighted by Crippen LogP contribution is -2.46. The molecule has 18 nitrogen and oxygen atoms in total. The number of fused-ring (bicyclic) bond motifs is 4. The molecule has 0 aliphatic carbocycles. The highest BCUT2D eigenvalue weighted by Crippen LogP contribution is 2.40. The maximum Gasteiger partial charge on any atom is 0.458 e. The fourth-order valence-corrected chi connectivity index (χ4v) is 9.22. The quantitative estimate of drug-likeness (QED) is 0.0241. The number of benzene rings is 4. The third kappa shape index (κ3) is 17.9. The third-order valence-corrected chi connectivity index (χ3v) is 13.9. The number of Topliss-reactive ketones (excluding diaryl/α,β-unsaturated/α-hetero) is 2. The van der Waals surface area contributed by atoms with Crippen molar-refractivity contribution in [1.29, 1.82) is 0 Å². The molecule has 0 saturated carbocycles. The zero-order chi connectivity index (χ0) is 62.8. The number of carbonyl (C=O) groups excluding carboxylic acids is 2. The first-order chi connectivity index (χ1) is 41.6. The highest BCUT2D eigenvalue weighted by atomic mass is 79.9. The molecule has 462 valence electrons. The minimum atomic E-state index is -5.77. The largest absolute Gasteiger partial charge is 0.493 e. The van der Waals surface area contributed by atoms with E-state index < -0.39 is 35.6 Å². The summed E-state index contributed by atoms with van der Waals surface area (Å²) in [6.07, 6.45) is 3.53. The lowest BCUT2D eigenvalue weighted by molar-refractivity contribution is -0.193. The molecule has 87 heavy (non-hydrogen) atoms. The number of halogens is 9. The number of carbonyl (C=O) groups is 2. The molecular weight excluding hydrogens is 1220 g/mol. The number of aromatic amines is 2. The van der Waals surface area contributed by atoms with E-state index in [1.165, 1.54) is 12.7 Å². The fourth-order valence-electron chi connectivity index (χ4n) is 8.99. The van der Waals surface area contributed by atoms with E-state index in [0.717, 1.165) is 95.0 Å². The number of hydrogen-bond acceptors (Lipinski definition) is 16. The van der Waals surface area contributed by atoms with Crippen LogP contribution in [-0.2, 0) is 9.59 Å². The zero-order valence-corrected chi connectivity index (χ0v) is 49.3. The van der Waals surface area contributed by atoms with Crippen molar-refractivity contribution in [3.05, 3.63) is 96.3 Å². The molecule has 8 aromatic rings. The molecule has 3 N–H and O–H groups in total. The van der Waals surface area contributed by atoms with Crippen LogP contribution in [0.2, 0.25) is 0 Å². The number of piperazine rings is 2. The molecule has 4 aromatic carbocycles. The van der Waals surface area contributed by atoms with E-state index >= 15 is 4.39 Å². The van der Waals surface area contributed by atoms with Crippen LogP contribution >= 0.6 is 15.9 Å². The van der Waals surface area contributed by atoms with Crippen molar-refractivity contribution in [2.24, 2.45) is 0 Å². The summed E-state index contributed by atoms with van der Waals surface area (Å²) in [6.45, 7) is 15.7. The number of H-pyrrole nitrogens is 2. The van der Waals surface area contributed by atoms with E-state index in [9.17, 15) is 40.3 Å². The highest BCUT2D eigenvalue weighted by molar-refractivity contribution is 9.09. The van der Waals surface area contributed by atoms with Crippen LogP contribution in [0.3, 0.4) is 0 Å². The summed E-state index contributed by atoms with van der Waals surface area (Å²) in [5.41, 5.74) is 4.41. The van der Waals surface area contributed by atoms with Gasteiger partial charge in [0.25, 0.3) is 0 Å². The summed E-state index contributed by atoms with van der Waals surface area (Å²) >= 11 is 3.38. The van der Waals surface area contributed by atoms with E-state index in [1.54, 1.807) is 74.9 Å². The van der Waals surface area contributed by atoms with Gasteiger partial charge in [-0.25, -0.2) is 28.7 Å². The molecule has 10 rings (SSSR count). The molecule has 0 unspecified atom stereocenters. The number of nitrogens with one attached hydrogen (secondary N) is 3. The Labute approximate surface area is 503 Å². The predicted molar refractivity (Wildman–Crippen MR) is 314 cm³/mol. The minimum Gasteiger partial charge on any atom is -0.493 e. The maximum absolute atomic E-state index is 15.1. The molecule has 2 aliphatic rings. The summed E-state index contributed by atoms with van der Waals surface area (Å²) in [4.78, 5) is 49.6. The smallest absolute Gasteiger partial charge is 0.458 e. The second-order valence-corrected chi connectivity index (χ2v) is 20.3. The minimum absolute atomic E-state index is 0.0888. The van der Waals surface area contributed by atoms with Gasteiger partial charge in [0.05, 0.1) is 62.3 Å². The molecule has 0 atom stereocenters. The van der Waals surface area contributed by atoms with Crippen molar-refractivity contribution in [1.82, 2.24) is 49.9 Å². The standard InChI is InChI=1S/C28H30FN5O3.C21H19BrFN3O3.C7H12N2.C4F6O2/c1-4-8-33-10-12-34(13-11-33)9-5-14-36-26-17-23-21(16-25(26)35-3)28(31-18-30-23)37-24-7-6-22-20(27(24)29)15-19(2)32-22;1-12-8-13-15(26-12)4-5-17(20(13)23)29-21-14-9-18(27-2)19(28-7-3-6-22)10-16(14)24-11-25-21;1-2-5-9-6-3-8-4-7-9;5-3(6,7)1(11)2(12)4(8,9)10/h1,6-7,15-18,32H,5,8-14H2,2-3H3;4-5,8-11,26H,3,6-7H2,1-2H3;1,8H,3-7H2;. The number of rotatable bonds is 18. The molecule has 27 heteroatoms. The van der Waals surface area contributed by atoms with Gasteiger partial charge in [0.15, 0.2) is 46.1 Å². The van der Waals surface area contributed by atoms with Gasteiger partial charge >= 0.3 is 23.9 Å². The number of terminal acetylenes is 2.